The van der Waals surface area contributed by atoms with Crippen LogP contribution in [0.1, 0.15) is 31.3 Å². The summed E-state index contributed by atoms with van der Waals surface area (Å²) in [5.74, 6) is 1.28. The molecule has 2 rings (SSSR count). The van der Waals surface area contributed by atoms with Crippen molar-refractivity contribution in [3.8, 4) is 5.75 Å². The van der Waals surface area contributed by atoms with Gasteiger partial charge >= 0.3 is 0 Å². The minimum Gasteiger partial charge on any atom is -0.485 e. The first-order valence-corrected chi connectivity index (χ1v) is 6.88. The van der Waals surface area contributed by atoms with Gasteiger partial charge in [0.2, 0.25) is 0 Å². The first kappa shape index (κ1) is 14.7. The molecule has 0 amide bonds. The number of thiocarbonyl (C=S) groups is 1. The lowest BCUT2D eigenvalue weighted by molar-refractivity contribution is 0.282. The third-order valence-corrected chi connectivity index (χ3v) is 3.23. The van der Waals surface area contributed by atoms with Crippen molar-refractivity contribution in [1.82, 2.24) is 14.8 Å². The maximum Gasteiger partial charge on any atom is 0.165 e. The highest BCUT2D eigenvalue weighted by atomic mass is 35.5. The molecular formula is C13H15ClN4OS. The van der Waals surface area contributed by atoms with E-state index < -0.39 is 0 Å². The number of nitrogens with zero attached hydrogens (tertiary/aromatic N) is 3. The van der Waals surface area contributed by atoms with Gasteiger partial charge in [-0.1, -0.05) is 29.9 Å². The lowest BCUT2D eigenvalue weighted by Crippen LogP contribution is -2.14. The van der Waals surface area contributed by atoms with Crippen molar-refractivity contribution >= 4 is 28.8 Å². The molecule has 0 bridgehead atoms. The van der Waals surface area contributed by atoms with Crippen LogP contribution in [-0.4, -0.2) is 19.8 Å². The monoisotopic (exact) mass is 310 g/mol. The molecule has 20 heavy (non-hydrogen) atoms. The zero-order valence-corrected chi connectivity index (χ0v) is 12.8. The summed E-state index contributed by atoms with van der Waals surface area (Å²) in [5, 5.41) is 4.62. The highest BCUT2D eigenvalue weighted by molar-refractivity contribution is 7.80. The summed E-state index contributed by atoms with van der Waals surface area (Å²) in [6.45, 7) is 4.32. The molecule has 0 aliphatic carbocycles. The summed E-state index contributed by atoms with van der Waals surface area (Å²) in [7, 11) is 0. The predicted molar refractivity (Wildman–Crippen MR) is 82.1 cm³/mol. The van der Waals surface area contributed by atoms with E-state index in [1.807, 2.05) is 13.8 Å². The van der Waals surface area contributed by atoms with E-state index in [0.29, 0.717) is 16.3 Å². The minimum atomic E-state index is 0.205. The summed E-state index contributed by atoms with van der Waals surface area (Å²) < 4.78 is 7.54. The van der Waals surface area contributed by atoms with E-state index in [9.17, 15) is 0 Å². The van der Waals surface area contributed by atoms with Gasteiger partial charge in [0.05, 0.1) is 10.6 Å². The van der Waals surface area contributed by atoms with E-state index in [2.05, 4.69) is 10.1 Å². The van der Waals surface area contributed by atoms with Crippen LogP contribution in [-0.2, 0) is 6.61 Å². The Hall–Kier alpha value is -1.66. The van der Waals surface area contributed by atoms with E-state index in [0.717, 1.165) is 5.82 Å². The Labute approximate surface area is 127 Å². The smallest absolute Gasteiger partial charge is 0.165 e. The Morgan fingerprint density at radius 1 is 1.50 bits per heavy atom. The maximum absolute atomic E-state index is 6.09. The molecule has 1 aromatic heterocycles. The Morgan fingerprint density at radius 2 is 2.25 bits per heavy atom. The standard InChI is InChI=1S/C13H15ClN4OS/c1-8(2)18-11(16-7-17-18)6-19-10-5-3-4-9(14)12(10)13(15)20/h3-5,7-8H,6H2,1-2H3,(H2,15,20). The van der Waals surface area contributed by atoms with Gasteiger partial charge in [0.25, 0.3) is 0 Å². The van der Waals surface area contributed by atoms with Gasteiger partial charge in [-0.05, 0) is 26.0 Å². The average Bonchev–Trinajstić information content (AvgIpc) is 2.84. The van der Waals surface area contributed by atoms with Gasteiger partial charge in [0.15, 0.2) is 5.82 Å². The molecule has 2 N–H and O–H groups in total. The normalized spacial score (nSPS) is 10.8. The molecule has 0 spiro atoms. The fourth-order valence-corrected chi connectivity index (χ4v) is 2.35. The van der Waals surface area contributed by atoms with Gasteiger partial charge in [0.1, 0.15) is 23.7 Å². The SMILES string of the molecule is CC(C)n1ncnc1COc1cccc(Cl)c1C(N)=S. The second-order valence-corrected chi connectivity index (χ2v) is 5.33. The largest absolute Gasteiger partial charge is 0.485 e. The summed E-state index contributed by atoms with van der Waals surface area (Å²) in [6.07, 6.45) is 1.51. The third kappa shape index (κ3) is 3.08. The molecule has 0 aliphatic rings. The number of nitrogens with two attached hydrogens (primary N) is 1. The van der Waals surface area contributed by atoms with Crippen molar-refractivity contribution in [2.45, 2.75) is 26.5 Å². The van der Waals surface area contributed by atoms with Crippen molar-refractivity contribution in [2.75, 3.05) is 0 Å². The fraction of sp³-hybridized carbons (Fsp3) is 0.308. The number of aromatic nitrogens is 3. The summed E-state index contributed by atoms with van der Waals surface area (Å²) in [5.41, 5.74) is 6.22. The lowest BCUT2D eigenvalue weighted by Gasteiger charge is -2.13. The Morgan fingerprint density at radius 3 is 2.90 bits per heavy atom. The van der Waals surface area contributed by atoms with Gasteiger partial charge < -0.3 is 10.5 Å². The summed E-state index contributed by atoms with van der Waals surface area (Å²) >= 11 is 11.1. The number of rotatable bonds is 5. The van der Waals surface area contributed by atoms with Crippen molar-refractivity contribution in [2.24, 2.45) is 5.73 Å². The van der Waals surface area contributed by atoms with Gasteiger partial charge in [0, 0.05) is 6.04 Å². The zero-order valence-electron chi connectivity index (χ0n) is 11.2. The molecule has 0 atom stereocenters. The van der Waals surface area contributed by atoms with Gasteiger partial charge in [-0.15, -0.1) is 0 Å². The van der Waals surface area contributed by atoms with E-state index in [-0.39, 0.29) is 17.6 Å². The molecule has 1 heterocycles. The highest BCUT2D eigenvalue weighted by Gasteiger charge is 2.13. The van der Waals surface area contributed by atoms with Crippen molar-refractivity contribution in [3.63, 3.8) is 0 Å². The molecular weight excluding hydrogens is 296 g/mol. The van der Waals surface area contributed by atoms with Crippen LogP contribution in [0.25, 0.3) is 0 Å². The van der Waals surface area contributed by atoms with Crippen molar-refractivity contribution < 1.29 is 4.74 Å². The topological polar surface area (TPSA) is 66.0 Å². The van der Waals surface area contributed by atoms with E-state index >= 15 is 0 Å². The van der Waals surface area contributed by atoms with E-state index in [1.54, 1.807) is 22.9 Å². The molecule has 2 aromatic rings. The lowest BCUT2D eigenvalue weighted by atomic mass is 10.2. The maximum atomic E-state index is 6.09. The van der Waals surface area contributed by atoms with Crippen LogP contribution in [0.5, 0.6) is 5.75 Å². The first-order valence-electron chi connectivity index (χ1n) is 6.10. The average molecular weight is 311 g/mol. The van der Waals surface area contributed by atoms with Crippen LogP contribution >= 0.6 is 23.8 Å². The van der Waals surface area contributed by atoms with Gasteiger partial charge in [-0.3, -0.25) is 0 Å². The molecule has 0 unspecified atom stereocenters. The molecule has 0 radical (unpaired) electrons. The number of hydrogen-bond donors (Lipinski definition) is 1. The summed E-state index contributed by atoms with van der Waals surface area (Å²) in [4.78, 5) is 4.38. The van der Waals surface area contributed by atoms with Crippen LogP contribution in [0.2, 0.25) is 5.02 Å². The number of hydrogen-bond acceptors (Lipinski definition) is 4. The number of ether oxygens (including phenoxy) is 1. The van der Waals surface area contributed by atoms with Crippen molar-refractivity contribution in [3.05, 3.63) is 40.9 Å². The Kier molecular flexibility index (Phi) is 4.57. The quantitative estimate of drug-likeness (QED) is 0.860. The van der Waals surface area contributed by atoms with Crippen LogP contribution in [0, 0.1) is 0 Å². The first-order chi connectivity index (χ1) is 9.50. The second kappa shape index (κ2) is 6.19. The van der Waals surface area contributed by atoms with Crippen LogP contribution in [0.3, 0.4) is 0 Å². The zero-order chi connectivity index (χ0) is 14.7. The number of halogens is 1. The van der Waals surface area contributed by atoms with Crippen LogP contribution in [0.4, 0.5) is 0 Å². The molecule has 0 saturated carbocycles. The molecule has 1 aromatic carbocycles. The second-order valence-electron chi connectivity index (χ2n) is 4.48. The summed E-state index contributed by atoms with van der Waals surface area (Å²) in [6, 6.07) is 5.49. The van der Waals surface area contributed by atoms with Gasteiger partial charge in [-0.25, -0.2) is 9.67 Å². The number of benzene rings is 1. The fourth-order valence-electron chi connectivity index (χ4n) is 1.81. The molecule has 0 saturated heterocycles. The van der Waals surface area contributed by atoms with Gasteiger partial charge in [-0.2, -0.15) is 5.10 Å². The Bertz CT molecular complexity index is 627. The molecule has 5 nitrogen and oxygen atoms in total. The molecule has 106 valence electrons. The van der Waals surface area contributed by atoms with Crippen LogP contribution in [0.15, 0.2) is 24.5 Å². The minimum absolute atomic E-state index is 0.205. The van der Waals surface area contributed by atoms with E-state index in [1.165, 1.54) is 6.33 Å². The molecule has 7 heteroatoms. The Balaban J connectivity index is 2.21. The highest BCUT2D eigenvalue weighted by Crippen LogP contribution is 2.27. The van der Waals surface area contributed by atoms with Crippen molar-refractivity contribution in [1.29, 1.82) is 0 Å². The third-order valence-electron chi connectivity index (χ3n) is 2.71. The van der Waals surface area contributed by atoms with E-state index in [4.69, 9.17) is 34.3 Å². The van der Waals surface area contributed by atoms with Crippen LogP contribution < -0.4 is 10.5 Å². The predicted octanol–water partition coefficient (Wildman–Crippen LogP) is 2.73. The molecule has 0 fully saturated rings. The molecule has 0 aliphatic heterocycles.